The molecule has 1 fully saturated rings. The van der Waals surface area contributed by atoms with E-state index < -0.39 is 27.0 Å². The number of nitrogens with zero attached hydrogens (tertiary/aromatic N) is 7. The van der Waals surface area contributed by atoms with Crippen molar-refractivity contribution >= 4 is 27.6 Å². The van der Waals surface area contributed by atoms with Crippen LogP contribution in [0.1, 0.15) is 44.4 Å². The minimum absolute atomic E-state index is 0.0393. The first-order valence-electron chi connectivity index (χ1n) is 11.6. The van der Waals surface area contributed by atoms with Crippen molar-refractivity contribution in [3.63, 3.8) is 0 Å². The molecule has 4 rings (SSSR count). The van der Waals surface area contributed by atoms with Gasteiger partial charge in [0, 0.05) is 25.9 Å². The molecule has 3 aromatic heterocycles. The number of sulfonamides is 1. The Morgan fingerprint density at radius 1 is 1.13 bits per heavy atom. The van der Waals surface area contributed by atoms with Crippen molar-refractivity contribution in [2.75, 3.05) is 32.7 Å². The number of nitrogens with one attached hydrogen (secondary N) is 1. The van der Waals surface area contributed by atoms with Crippen LogP contribution in [-0.4, -0.2) is 81.9 Å². The quantitative estimate of drug-likeness (QED) is 0.358. The summed E-state index contributed by atoms with van der Waals surface area (Å²) in [6.07, 6.45) is 4.94. The molecule has 38 heavy (non-hydrogen) atoms. The normalized spacial score (nSPS) is 17.8. The van der Waals surface area contributed by atoms with Crippen molar-refractivity contribution in [2.24, 2.45) is 0 Å². The predicted octanol–water partition coefficient (Wildman–Crippen LogP) is 2.15. The third-order valence-electron chi connectivity index (χ3n) is 5.92. The molecule has 0 spiro atoms. The van der Waals surface area contributed by atoms with E-state index in [4.69, 9.17) is 30.5 Å². The Labute approximate surface area is 225 Å². The highest BCUT2D eigenvalue weighted by Crippen LogP contribution is 2.41. The Morgan fingerprint density at radius 3 is 2.34 bits per heavy atom. The van der Waals surface area contributed by atoms with Gasteiger partial charge in [-0.2, -0.15) is 9.97 Å². The second-order valence-corrected chi connectivity index (χ2v) is 11.5. The number of halogens is 1. The average molecular weight is 569 g/mol. The van der Waals surface area contributed by atoms with Crippen LogP contribution in [0, 0.1) is 0 Å². The molecule has 1 aliphatic rings. The van der Waals surface area contributed by atoms with Crippen molar-refractivity contribution < 1.29 is 27.4 Å². The highest BCUT2D eigenvalue weighted by Gasteiger charge is 2.38. The molecule has 0 radical (unpaired) electrons. The molecule has 1 saturated heterocycles. The van der Waals surface area contributed by atoms with Crippen LogP contribution in [-0.2, 0) is 25.9 Å². The molecule has 16 heteroatoms. The lowest BCUT2D eigenvalue weighted by molar-refractivity contribution is -0.0207. The third kappa shape index (κ3) is 5.95. The summed E-state index contributed by atoms with van der Waals surface area (Å²) in [4.78, 5) is 16.6. The van der Waals surface area contributed by atoms with E-state index in [0.717, 1.165) is 6.42 Å². The van der Waals surface area contributed by atoms with E-state index in [1.165, 1.54) is 44.6 Å². The van der Waals surface area contributed by atoms with Crippen LogP contribution < -0.4 is 14.2 Å². The van der Waals surface area contributed by atoms with E-state index in [2.05, 4.69) is 34.9 Å². The van der Waals surface area contributed by atoms with Crippen LogP contribution in [0.5, 0.6) is 11.8 Å². The van der Waals surface area contributed by atoms with Crippen molar-refractivity contribution in [3.8, 4) is 17.4 Å². The summed E-state index contributed by atoms with van der Waals surface area (Å²) >= 11 is 5.87. The van der Waals surface area contributed by atoms with Gasteiger partial charge in [0.25, 0.3) is 0 Å². The molecule has 0 bridgehead atoms. The van der Waals surface area contributed by atoms with Gasteiger partial charge in [-0.15, -0.1) is 10.2 Å². The molecule has 0 aromatic carbocycles. The molecule has 0 amide bonds. The van der Waals surface area contributed by atoms with Crippen LogP contribution in [0.25, 0.3) is 5.69 Å². The van der Waals surface area contributed by atoms with E-state index in [1.54, 1.807) is 0 Å². The highest BCUT2D eigenvalue weighted by molar-refractivity contribution is 7.93. The van der Waals surface area contributed by atoms with Crippen molar-refractivity contribution in [1.29, 1.82) is 0 Å². The number of methoxy groups -OCH3 is 3. The molecule has 4 heterocycles. The molecule has 0 aliphatic carbocycles. The Morgan fingerprint density at radius 2 is 1.79 bits per heavy atom. The SMILES string of the molecule is COC[C@H](Cc1ncc(Cl)cn1)S(=O)(=O)Nc1nnc([C@@H]2CCC(C)(C)O2)n1-c1c(OC)ncnc1OC. The molecule has 0 unspecified atom stereocenters. The molecular weight excluding hydrogens is 540 g/mol. The summed E-state index contributed by atoms with van der Waals surface area (Å²) in [5.74, 6) is 0.740. The first kappa shape index (κ1) is 27.9. The first-order chi connectivity index (χ1) is 18.1. The van der Waals surface area contributed by atoms with Crippen LogP contribution in [0.2, 0.25) is 5.02 Å². The summed E-state index contributed by atoms with van der Waals surface area (Å²) in [7, 11) is 0.133. The summed E-state index contributed by atoms with van der Waals surface area (Å²) < 4.78 is 53.5. The molecule has 2 atom stereocenters. The lowest BCUT2D eigenvalue weighted by Crippen LogP contribution is -2.35. The molecule has 1 aliphatic heterocycles. The molecule has 206 valence electrons. The minimum Gasteiger partial charge on any atom is -0.479 e. The predicted molar refractivity (Wildman–Crippen MR) is 136 cm³/mol. The van der Waals surface area contributed by atoms with Crippen LogP contribution >= 0.6 is 11.6 Å². The zero-order chi connectivity index (χ0) is 27.5. The number of aromatic nitrogens is 7. The largest absolute Gasteiger partial charge is 0.479 e. The lowest BCUT2D eigenvalue weighted by atomic mass is 10.1. The average Bonchev–Trinajstić information content (AvgIpc) is 3.46. The lowest BCUT2D eigenvalue weighted by Gasteiger charge is -2.21. The van der Waals surface area contributed by atoms with E-state index in [-0.39, 0.29) is 42.2 Å². The second kappa shape index (κ2) is 11.3. The van der Waals surface area contributed by atoms with Crippen molar-refractivity contribution in [2.45, 2.75) is 50.1 Å². The molecule has 3 aromatic rings. The van der Waals surface area contributed by atoms with Gasteiger partial charge >= 0.3 is 0 Å². The number of anilines is 1. The zero-order valence-electron chi connectivity index (χ0n) is 21.6. The zero-order valence-corrected chi connectivity index (χ0v) is 23.2. The fraction of sp³-hybridized carbons (Fsp3) is 0.545. The maximum atomic E-state index is 13.6. The van der Waals surface area contributed by atoms with Crippen LogP contribution in [0.15, 0.2) is 18.7 Å². The Balaban J connectivity index is 1.78. The first-order valence-corrected chi connectivity index (χ1v) is 13.5. The Bertz CT molecular complexity index is 1350. The number of ether oxygens (including phenoxy) is 4. The minimum atomic E-state index is -4.12. The summed E-state index contributed by atoms with van der Waals surface area (Å²) in [5, 5.41) is 7.73. The number of hydrogen-bond acceptors (Lipinski definition) is 12. The van der Waals surface area contributed by atoms with Crippen LogP contribution in [0.4, 0.5) is 5.95 Å². The molecular formula is C22H29ClN8O6S. The Kier molecular flexibility index (Phi) is 8.30. The standard InChI is InChI=1S/C22H29ClN8O6S/c1-22(2)7-6-15(37-22)18-28-29-21(31(18)17-19(35-4)26-12-27-20(17)36-5)30-38(32,33)14(11-34-3)8-16-24-9-13(23)10-25-16/h9-10,12,14-15H,6-8,11H2,1-5H3,(H,29,30)/t14-,15-/m0/s1. The van der Waals surface area contributed by atoms with Gasteiger partial charge in [-0.05, 0) is 26.7 Å². The maximum Gasteiger partial charge on any atom is 0.245 e. The smallest absolute Gasteiger partial charge is 0.245 e. The van der Waals surface area contributed by atoms with Gasteiger partial charge in [0.15, 0.2) is 11.5 Å². The molecule has 1 N–H and O–H groups in total. The molecule has 14 nitrogen and oxygen atoms in total. The number of rotatable bonds is 11. The van der Waals surface area contributed by atoms with Gasteiger partial charge in [0.05, 0.1) is 31.5 Å². The van der Waals surface area contributed by atoms with E-state index in [9.17, 15) is 8.42 Å². The van der Waals surface area contributed by atoms with Gasteiger partial charge in [0.2, 0.25) is 27.7 Å². The van der Waals surface area contributed by atoms with Crippen molar-refractivity contribution in [1.82, 2.24) is 34.7 Å². The fourth-order valence-electron chi connectivity index (χ4n) is 4.10. The Hall–Kier alpha value is -3.14. The summed E-state index contributed by atoms with van der Waals surface area (Å²) in [6.45, 7) is 3.81. The van der Waals surface area contributed by atoms with Crippen molar-refractivity contribution in [3.05, 3.63) is 35.4 Å². The second-order valence-electron chi connectivity index (χ2n) is 9.11. The number of hydrogen-bond donors (Lipinski definition) is 1. The van der Waals surface area contributed by atoms with Gasteiger partial charge in [-0.25, -0.2) is 18.4 Å². The van der Waals surface area contributed by atoms with Gasteiger partial charge in [-0.1, -0.05) is 11.6 Å². The maximum absolute atomic E-state index is 13.6. The molecule has 0 saturated carbocycles. The summed E-state index contributed by atoms with van der Waals surface area (Å²) in [6, 6.07) is 0. The topological polar surface area (TPSA) is 165 Å². The van der Waals surface area contributed by atoms with Crippen LogP contribution in [0.3, 0.4) is 0 Å². The van der Waals surface area contributed by atoms with E-state index in [1.807, 2.05) is 13.8 Å². The monoisotopic (exact) mass is 568 g/mol. The fourth-order valence-corrected chi connectivity index (χ4v) is 5.43. The van der Waals surface area contributed by atoms with Gasteiger partial charge in [0.1, 0.15) is 23.5 Å². The van der Waals surface area contributed by atoms with E-state index in [0.29, 0.717) is 17.3 Å². The van der Waals surface area contributed by atoms with E-state index >= 15 is 0 Å². The third-order valence-corrected chi connectivity index (χ3v) is 7.76. The summed E-state index contributed by atoms with van der Waals surface area (Å²) in [5.41, 5.74) is -0.183. The highest BCUT2D eigenvalue weighted by atomic mass is 35.5. The van der Waals surface area contributed by atoms with Gasteiger partial charge < -0.3 is 18.9 Å². The van der Waals surface area contributed by atoms with Gasteiger partial charge in [-0.3, -0.25) is 9.29 Å².